The summed E-state index contributed by atoms with van der Waals surface area (Å²) in [5.41, 5.74) is 0.818. The molecule has 0 aliphatic heterocycles. The molecule has 1 unspecified atom stereocenters. The summed E-state index contributed by atoms with van der Waals surface area (Å²) in [6, 6.07) is 5.85. The number of hydrogen-bond donors (Lipinski definition) is 2. The van der Waals surface area contributed by atoms with Crippen molar-refractivity contribution in [2.45, 2.75) is 12.5 Å². The van der Waals surface area contributed by atoms with E-state index in [2.05, 4.69) is 0 Å². The summed E-state index contributed by atoms with van der Waals surface area (Å²) in [5.74, 6) is -0.294. The number of aliphatic hydroxyl groups excluding tert-OH is 2. The van der Waals surface area contributed by atoms with Crippen molar-refractivity contribution >= 4 is 0 Å². The molecule has 0 radical (unpaired) electrons. The molecule has 0 fully saturated rings. The van der Waals surface area contributed by atoms with E-state index in [1.807, 2.05) is 0 Å². The average molecular weight is 170 g/mol. The molecule has 0 saturated heterocycles. The third-order valence-electron chi connectivity index (χ3n) is 1.60. The van der Waals surface area contributed by atoms with Gasteiger partial charge in [-0.3, -0.25) is 0 Å². The Balaban J connectivity index is 2.58. The third-order valence-corrected chi connectivity index (χ3v) is 1.60. The lowest BCUT2D eigenvalue weighted by Gasteiger charge is -2.05. The highest BCUT2D eigenvalue weighted by molar-refractivity contribution is 5.16. The molecule has 3 heteroatoms. The highest BCUT2D eigenvalue weighted by Gasteiger charge is 2.02. The Hall–Kier alpha value is -0.930. The number of benzene rings is 1. The monoisotopic (exact) mass is 170 g/mol. The molecule has 0 heterocycles. The average Bonchev–Trinajstić information content (AvgIpc) is 2.09. The number of halogens is 1. The maximum absolute atomic E-state index is 12.4. The minimum absolute atomic E-state index is 0.266. The minimum atomic E-state index is -0.754. The maximum Gasteiger partial charge on any atom is 0.123 e. The van der Waals surface area contributed by atoms with E-state index in [1.165, 1.54) is 12.1 Å². The fourth-order valence-electron chi connectivity index (χ4n) is 0.957. The van der Waals surface area contributed by atoms with Gasteiger partial charge in [0.1, 0.15) is 5.82 Å². The predicted octanol–water partition coefficient (Wildman–Crippen LogP) is 0.721. The molecule has 1 rings (SSSR count). The van der Waals surface area contributed by atoms with E-state index in [0.717, 1.165) is 5.56 Å². The first-order valence-corrected chi connectivity index (χ1v) is 3.75. The van der Waals surface area contributed by atoms with E-state index in [1.54, 1.807) is 12.1 Å². The molecule has 12 heavy (non-hydrogen) atoms. The van der Waals surface area contributed by atoms with Gasteiger partial charge in [-0.05, 0) is 17.7 Å². The van der Waals surface area contributed by atoms with Gasteiger partial charge in [-0.25, -0.2) is 4.39 Å². The largest absolute Gasteiger partial charge is 0.394 e. The Kier molecular flexibility index (Phi) is 3.19. The van der Waals surface area contributed by atoms with E-state index >= 15 is 0 Å². The molecule has 0 aliphatic carbocycles. The second-order valence-corrected chi connectivity index (χ2v) is 2.67. The third kappa shape index (κ3) is 2.60. The number of aliphatic hydroxyl groups is 2. The summed E-state index contributed by atoms with van der Waals surface area (Å²) < 4.78 is 12.4. The van der Waals surface area contributed by atoms with Gasteiger partial charge in [0.25, 0.3) is 0 Å². The topological polar surface area (TPSA) is 40.5 Å². The Bertz CT molecular complexity index is 233. The van der Waals surface area contributed by atoms with Crippen LogP contribution in [0.25, 0.3) is 0 Å². The summed E-state index contributed by atoms with van der Waals surface area (Å²) in [4.78, 5) is 0. The molecule has 2 N–H and O–H groups in total. The van der Waals surface area contributed by atoms with Crippen LogP contribution in [-0.4, -0.2) is 22.9 Å². The summed E-state index contributed by atoms with van der Waals surface area (Å²) in [6.45, 7) is -0.266. The Labute approximate surface area is 70.3 Å². The van der Waals surface area contributed by atoms with Crippen LogP contribution in [0.5, 0.6) is 0 Å². The highest BCUT2D eigenvalue weighted by Crippen LogP contribution is 2.05. The van der Waals surface area contributed by atoms with E-state index < -0.39 is 6.10 Å². The lowest BCUT2D eigenvalue weighted by molar-refractivity contribution is 0.0955. The highest BCUT2D eigenvalue weighted by atomic mass is 19.1. The molecule has 1 aromatic carbocycles. The summed E-state index contributed by atoms with van der Waals surface area (Å²) in [5, 5.41) is 17.6. The second-order valence-electron chi connectivity index (χ2n) is 2.67. The van der Waals surface area contributed by atoms with Crippen molar-refractivity contribution in [3.05, 3.63) is 35.6 Å². The van der Waals surface area contributed by atoms with Gasteiger partial charge in [0.2, 0.25) is 0 Å². The van der Waals surface area contributed by atoms with E-state index in [4.69, 9.17) is 10.2 Å². The van der Waals surface area contributed by atoms with Crippen LogP contribution in [0.4, 0.5) is 4.39 Å². The van der Waals surface area contributed by atoms with Crippen LogP contribution >= 0.6 is 0 Å². The molecular weight excluding hydrogens is 159 g/mol. The van der Waals surface area contributed by atoms with Gasteiger partial charge in [-0.1, -0.05) is 12.1 Å². The van der Waals surface area contributed by atoms with E-state index in [9.17, 15) is 4.39 Å². The Morgan fingerprint density at radius 2 is 1.83 bits per heavy atom. The zero-order valence-electron chi connectivity index (χ0n) is 6.57. The van der Waals surface area contributed by atoms with Gasteiger partial charge >= 0.3 is 0 Å². The molecular formula is C9H11FO2. The van der Waals surface area contributed by atoms with Crippen LogP contribution in [-0.2, 0) is 6.42 Å². The molecule has 1 aromatic rings. The standard InChI is InChI=1S/C9H11FO2/c10-8-3-1-7(2-4-8)5-9(12)6-11/h1-4,9,11-12H,5-6H2. The molecule has 2 nitrogen and oxygen atoms in total. The van der Waals surface area contributed by atoms with Crippen LogP contribution in [0.3, 0.4) is 0 Å². The Morgan fingerprint density at radius 3 is 2.33 bits per heavy atom. The van der Waals surface area contributed by atoms with Gasteiger partial charge in [-0.2, -0.15) is 0 Å². The smallest absolute Gasteiger partial charge is 0.123 e. The molecule has 0 spiro atoms. The molecule has 66 valence electrons. The van der Waals surface area contributed by atoms with Crippen LogP contribution in [0.1, 0.15) is 5.56 Å². The van der Waals surface area contributed by atoms with Crippen LogP contribution in [0.15, 0.2) is 24.3 Å². The normalized spacial score (nSPS) is 12.9. The first-order valence-electron chi connectivity index (χ1n) is 3.75. The quantitative estimate of drug-likeness (QED) is 0.701. The predicted molar refractivity (Wildman–Crippen MR) is 43.2 cm³/mol. The Morgan fingerprint density at radius 1 is 1.25 bits per heavy atom. The molecule has 0 aromatic heterocycles. The second kappa shape index (κ2) is 4.18. The van der Waals surface area contributed by atoms with Gasteiger partial charge in [0.15, 0.2) is 0 Å². The summed E-state index contributed by atoms with van der Waals surface area (Å²) in [7, 11) is 0. The lowest BCUT2D eigenvalue weighted by Crippen LogP contribution is -2.14. The zero-order chi connectivity index (χ0) is 8.97. The maximum atomic E-state index is 12.4. The molecule has 0 amide bonds. The fraction of sp³-hybridized carbons (Fsp3) is 0.333. The van der Waals surface area contributed by atoms with Gasteiger partial charge < -0.3 is 10.2 Å². The van der Waals surface area contributed by atoms with Crippen LogP contribution < -0.4 is 0 Å². The molecule has 1 atom stereocenters. The van der Waals surface area contributed by atoms with Crippen molar-refractivity contribution in [2.24, 2.45) is 0 Å². The van der Waals surface area contributed by atoms with Gasteiger partial charge in [0, 0.05) is 6.42 Å². The van der Waals surface area contributed by atoms with Crippen molar-refractivity contribution in [3.63, 3.8) is 0 Å². The van der Waals surface area contributed by atoms with Crippen molar-refractivity contribution in [2.75, 3.05) is 6.61 Å². The first kappa shape index (κ1) is 9.16. The molecule has 0 bridgehead atoms. The van der Waals surface area contributed by atoms with Gasteiger partial charge in [0.05, 0.1) is 12.7 Å². The van der Waals surface area contributed by atoms with E-state index in [0.29, 0.717) is 6.42 Å². The van der Waals surface area contributed by atoms with Crippen LogP contribution in [0, 0.1) is 5.82 Å². The summed E-state index contributed by atoms with van der Waals surface area (Å²) in [6.07, 6.45) is -0.396. The zero-order valence-corrected chi connectivity index (χ0v) is 6.57. The van der Waals surface area contributed by atoms with Crippen molar-refractivity contribution < 1.29 is 14.6 Å². The van der Waals surface area contributed by atoms with Crippen LogP contribution in [0.2, 0.25) is 0 Å². The molecule has 0 aliphatic rings. The van der Waals surface area contributed by atoms with Crippen molar-refractivity contribution in [1.29, 1.82) is 0 Å². The molecule has 0 saturated carbocycles. The van der Waals surface area contributed by atoms with E-state index in [-0.39, 0.29) is 12.4 Å². The van der Waals surface area contributed by atoms with Crippen molar-refractivity contribution in [1.82, 2.24) is 0 Å². The lowest BCUT2D eigenvalue weighted by atomic mass is 10.1. The SMILES string of the molecule is OCC(O)Cc1ccc(F)cc1. The fourth-order valence-corrected chi connectivity index (χ4v) is 0.957. The number of hydrogen-bond acceptors (Lipinski definition) is 2. The first-order chi connectivity index (χ1) is 5.72. The van der Waals surface area contributed by atoms with Gasteiger partial charge in [-0.15, -0.1) is 0 Å². The number of rotatable bonds is 3. The summed E-state index contributed by atoms with van der Waals surface area (Å²) >= 11 is 0. The minimum Gasteiger partial charge on any atom is -0.394 e. The van der Waals surface area contributed by atoms with Crippen molar-refractivity contribution in [3.8, 4) is 0 Å².